The van der Waals surface area contributed by atoms with E-state index in [1.165, 1.54) is 0 Å². The molecule has 0 aromatic carbocycles. The third-order valence-electron chi connectivity index (χ3n) is 3.95. The maximum atomic E-state index is 11.9. The van der Waals surface area contributed by atoms with E-state index in [4.69, 9.17) is 14.2 Å². The van der Waals surface area contributed by atoms with E-state index in [0.717, 1.165) is 25.9 Å². The van der Waals surface area contributed by atoms with E-state index in [2.05, 4.69) is 5.32 Å². The fourth-order valence-corrected chi connectivity index (χ4v) is 2.64. The van der Waals surface area contributed by atoms with Crippen molar-refractivity contribution < 1.29 is 28.9 Å². The zero-order valence-corrected chi connectivity index (χ0v) is 12.1. The first-order valence-electron chi connectivity index (χ1n) is 7.44. The lowest BCUT2D eigenvalue weighted by molar-refractivity contribution is -0.153. The molecule has 2 N–H and O–H groups in total. The van der Waals surface area contributed by atoms with Crippen molar-refractivity contribution >= 4 is 11.9 Å². The van der Waals surface area contributed by atoms with Crippen LogP contribution in [0.1, 0.15) is 32.1 Å². The minimum absolute atomic E-state index is 0.0445. The van der Waals surface area contributed by atoms with Crippen molar-refractivity contribution in [3.05, 3.63) is 0 Å². The Kier molecular flexibility index (Phi) is 5.96. The predicted molar refractivity (Wildman–Crippen MR) is 73.0 cm³/mol. The second kappa shape index (κ2) is 7.72. The number of carboxylic acids is 1. The van der Waals surface area contributed by atoms with Crippen molar-refractivity contribution in [2.45, 2.75) is 43.7 Å². The molecule has 0 aromatic heterocycles. The molecule has 2 rings (SSSR count). The lowest BCUT2D eigenvalue weighted by Gasteiger charge is -2.33. The Morgan fingerprint density at radius 1 is 1.24 bits per heavy atom. The molecule has 7 heteroatoms. The van der Waals surface area contributed by atoms with Crippen LogP contribution in [-0.4, -0.2) is 61.7 Å². The number of nitrogens with one attached hydrogen (secondary N) is 1. The zero-order chi connectivity index (χ0) is 15.1. The van der Waals surface area contributed by atoms with Gasteiger partial charge in [-0.25, -0.2) is 4.79 Å². The van der Waals surface area contributed by atoms with Crippen LogP contribution in [-0.2, 0) is 23.8 Å². The number of hydrogen-bond acceptors (Lipinski definition) is 5. The molecule has 120 valence electrons. The highest BCUT2D eigenvalue weighted by Crippen LogP contribution is 2.21. The standard InChI is InChI=1S/C14H23NO6/c16-12(10-20-9-11-3-1-2-6-21-11)15-14(13(17)18)4-7-19-8-5-14/h11H,1-10H2,(H,15,16)(H,17,18)/t11-/m0/s1. The summed E-state index contributed by atoms with van der Waals surface area (Å²) >= 11 is 0. The van der Waals surface area contributed by atoms with Gasteiger partial charge in [-0.15, -0.1) is 0 Å². The molecule has 2 aliphatic rings. The summed E-state index contributed by atoms with van der Waals surface area (Å²) in [5.74, 6) is -1.43. The van der Waals surface area contributed by atoms with Gasteiger partial charge in [0.1, 0.15) is 12.1 Å². The second-order valence-electron chi connectivity index (χ2n) is 5.55. The molecular weight excluding hydrogens is 278 g/mol. The van der Waals surface area contributed by atoms with Gasteiger partial charge >= 0.3 is 5.97 Å². The van der Waals surface area contributed by atoms with E-state index < -0.39 is 17.4 Å². The lowest BCUT2D eigenvalue weighted by Crippen LogP contribution is -2.58. The van der Waals surface area contributed by atoms with Gasteiger partial charge in [-0.3, -0.25) is 4.79 Å². The number of rotatable bonds is 6. The van der Waals surface area contributed by atoms with E-state index in [1.54, 1.807) is 0 Å². The lowest BCUT2D eigenvalue weighted by atomic mass is 9.90. The highest BCUT2D eigenvalue weighted by Gasteiger charge is 2.41. The Labute approximate surface area is 123 Å². The summed E-state index contributed by atoms with van der Waals surface area (Å²) in [5.41, 5.74) is -1.22. The smallest absolute Gasteiger partial charge is 0.329 e. The summed E-state index contributed by atoms with van der Waals surface area (Å²) in [6, 6.07) is 0. The van der Waals surface area contributed by atoms with E-state index in [1.807, 2.05) is 0 Å². The molecule has 2 saturated heterocycles. The highest BCUT2D eigenvalue weighted by atomic mass is 16.5. The number of carbonyl (C=O) groups is 2. The number of carbonyl (C=O) groups excluding carboxylic acids is 1. The number of hydrogen-bond donors (Lipinski definition) is 2. The van der Waals surface area contributed by atoms with Gasteiger partial charge in [-0.1, -0.05) is 0 Å². The van der Waals surface area contributed by atoms with Gasteiger partial charge in [-0.05, 0) is 19.3 Å². The van der Waals surface area contributed by atoms with Crippen molar-refractivity contribution in [2.75, 3.05) is 33.0 Å². The first-order chi connectivity index (χ1) is 10.1. The van der Waals surface area contributed by atoms with Crippen LogP contribution in [0.4, 0.5) is 0 Å². The Bertz CT molecular complexity index is 360. The van der Waals surface area contributed by atoms with Crippen LogP contribution in [0.5, 0.6) is 0 Å². The monoisotopic (exact) mass is 301 g/mol. The van der Waals surface area contributed by atoms with Gasteiger partial charge in [-0.2, -0.15) is 0 Å². The largest absolute Gasteiger partial charge is 0.480 e. The van der Waals surface area contributed by atoms with E-state index >= 15 is 0 Å². The molecule has 0 radical (unpaired) electrons. The van der Waals surface area contributed by atoms with Crippen molar-refractivity contribution in [1.82, 2.24) is 5.32 Å². The molecule has 1 atom stereocenters. The van der Waals surface area contributed by atoms with Gasteiger partial charge in [0.2, 0.25) is 5.91 Å². The van der Waals surface area contributed by atoms with E-state index in [0.29, 0.717) is 19.8 Å². The molecular formula is C14H23NO6. The number of aliphatic carboxylic acids is 1. The summed E-state index contributed by atoms with van der Waals surface area (Å²) in [6.45, 7) is 1.64. The molecule has 0 bridgehead atoms. The van der Waals surface area contributed by atoms with Gasteiger partial charge in [0.15, 0.2) is 0 Å². The SMILES string of the molecule is O=C(COC[C@@H]1CCCCO1)NC1(C(=O)O)CCOCC1. The zero-order valence-electron chi connectivity index (χ0n) is 12.1. The molecule has 0 aliphatic carbocycles. The normalized spacial score (nSPS) is 25.2. The minimum Gasteiger partial charge on any atom is -0.480 e. The van der Waals surface area contributed by atoms with E-state index in [9.17, 15) is 14.7 Å². The van der Waals surface area contributed by atoms with Gasteiger partial charge < -0.3 is 24.6 Å². The molecule has 0 spiro atoms. The summed E-state index contributed by atoms with van der Waals surface area (Å²) in [5, 5.41) is 11.9. The molecule has 21 heavy (non-hydrogen) atoms. The van der Waals surface area contributed by atoms with Gasteiger partial charge in [0.05, 0.1) is 12.7 Å². The first-order valence-corrected chi connectivity index (χ1v) is 7.44. The highest BCUT2D eigenvalue weighted by molar-refractivity contribution is 5.87. The van der Waals surface area contributed by atoms with Crippen molar-refractivity contribution in [2.24, 2.45) is 0 Å². The number of carboxylic acid groups (broad SMARTS) is 1. The molecule has 0 unspecified atom stereocenters. The average molecular weight is 301 g/mol. The molecule has 1 amide bonds. The Hall–Kier alpha value is -1.18. The molecule has 2 aliphatic heterocycles. The van der Waals surface area contributed by atoms with Crippen LogP contribution in [0.3, 0.4) is 0 Å². The fourth-order valence-electron chi connectivity index (χ4n) is 2.64. The topological polar surface area (TPSA) is 94.1 Å². The minimum atomic E-state index is -1.22. The van der Waals surface area contributed by atoms with Crippen molar-refractivity contribution in [3.8, 4) is 0 Å². The molecule has 2 heterocycles. The van der Waals surface area contributed by atoms with Crippen molar-refractivity contribution in [3.63, 3.8) is 0 Å². The van der Waals surface area contributed by atoms with Crippen LogP contribution in [0.25, 0.3) is 0 Å². The van der Waals surface area contributed by atoms with Gasteiger partial charge in [0.25, 0.3) is 0 Å². The quantitative estimate of drug-likeness (QED) is 0.734. The van der Waals surface area contributed by atoms with Crippen molar-refractivity contribution in [1.29, 1.82) is 0 Å². The van der Waals surface area contributed by atoms with Crippen LogP contribution >= 0.6 is 0 Å². The Morgan fingerprint density at radius 2 is 2.00 bits per heavy atom. The maximum Gasteiger partial charge on any atom is 0.329 e. The molecule has 0 aromatic rings. The summed E-state index contributed by atoms with van der Waals surface area (Å²) in [4.78, 5) is 23.3. The molecule has 2 fully saturated rings. The number of amides is 1. The predicted octanol–water partition coefficient (Wildman–Crippen LogP) is 0.322. The van der Waals surface area contributed by atoms with E-state index in [-0.39, 0.29) is 25.6 Å². The van der Waals surface area contributed by atoms with Gasteiger partial charge in [0, 0.05) is 32.7 Å². The average Bonchev–Trinajstić information content (AvgIpc) is 2.49. The summed E-state index contributed by atoms with van der Waals surface area (Å²) in [7, 11) is 0. The van der Waals surface area contributed by atoms with Crippen LogP contribution in [0.15, 0.2) is 0 Å². The Balaban J connectivity index is 1.73. The molecule has 0 saturated carbocycles. The summed E-state index contributed by atoms with van der Waals surface area (Å²) in [6.07, 6.45) is 3.73. The third kappa shape index (κ3) is 4.66. The third-order valence-corrected chi connectivity index (χ3v) is 3.95. The van der Waals surface area contributed by atoms with Crippen LogP contribution in [0, 0.1) is 0 Å². The molecule has 7 nitrogen and oxygen atoms in total. The Morgan fingerprint density at radius 3 is 2.62 bits per heavy atom. The maximum absolute atomic E-state index is 11.9. The van der Waals surface area contributed by atoms with Crippen LogP contribution in [0.2, 0.25) is 0 Å². The first kappa shape index (κ1) is 16.2. The van der Waals surface area contributed by atoms with Crippen LogP contribution < -0.4 is 5.32 Å². The second-order valence-corrected chi connectivity index (χ2v) is 5.55. The summed E-state index contributed by atoms with van der Waals surface area (Å²) < 4.78 is 16.0. The number of ether oxygens (including phenoxy) is 3. The fraction of sp³-hybridized carbons (Fsp3) is 0.857.